The number of halogens is 1. The molecular weight excluding hydrogens is 884 g/mol. The van der Waals surface area contributed by atoms with Gasteiger partial charge in [-0.15, -0.1) is 0 Å². The number of aryl methyl sites for hydroxylation is 3. The summed E-state index contributed by atoms with van der Waals surface area (Å²) in [5.41, 5.74) is 5.38. The maximum Gasteiger partial charge on any atom is 0.438 e. The highest BCUT2D eigenvalue weighted by molar-refractivity contribution is 6.00. The van der Waals surface area contributed by atoms with E-state index in [4.69, 9.17) is 19.1 Å². The van der Waals surface area contributed by atoms with Gasteiger partial charge >= 0.3 is 17.1 Å². The molecule has 0 bridgehead atoms. The van der Waals surface area contributed by atoms with Crippen LogP contribution in [0.4, 0.5) is 4.39 Å². The Morgan fingerprint density at radius 2 is 1.67 bits per heavy atom. The number of aromatic amines is 1. The van der Waals surface area contributed by atoms with Crippen LogP contribution in [0, 0.1) is 25.6 Å². The van der Waals surface area contributed by atoms with Gasteiger partial charge in [0.05, 0.1) is 52.9 Å². The number of ether oxygens (including phenoxy) is 2. The summed E-state index contributed by atoms with van der Waals surface area (Å²) in [5, 5.41) is 10.2. The quantitative estimate of drug-likeness (QED) is 0.156. The molecule has 358 valence electrons. The van der Waals surface area contributed by atoms with Crippen molar-refractivity contribution in [2.24, 2.45) is 13.0 Å². The van der Waals surface area contributed by atoms with Crippen molar-refractivity contribution in [2.45, 2.75) is 96.9 Å². The smallest absolute Gasteiger partial charge is 0.383 e. The molecule has 1 saturated carbocycles. The Morgan fingerprint density at radius 3 is 2.36 bits per heavy atom. The number of hydrogen-bond donors (Lipinski definition) is 1. The Morgan fingerprint density at radius 1 is 0.928 bits per heavy atom. The van der Waals surface area contributed by atoms with Crippen LogP contribution in [0.25, 0.3) is 39.1 Å². The standard InChI is InChI=1S/C51H55FN10O7/c1-28-21-36(22-29(2)43(28)52)62-44(60-17-16-58(49(60)66)35-10-12-39-40(25-35)56(7)48(65)59(39)18-20-67-8)42-31(4)57(15-13-37(42)54-62)45(63)41-24-34-23-32(33-14-19-68-50(5,6)27-33)9-11-38(34)61(41)51(26-30(51)3)46-53-47(64)69-55-46/h9-12,16-17,21-25,30-31,33H,13-15,18-20,26-27H2,1-8H3,(H,53,55,64)/t30-,31-,33-,51-/m0/s1. The van der Waals surface area contributed by atoms with E-state index in [-0.39, 0.29) is 34.9 Å². The van der Waals surface area contributed by atoms with Gasteiger partial charge in [-0.1, -0.05) is 18.1 Å². The first-order valence-electron chi connectivity index (χ1n) is 23.6. The summed E-state index contributed by atoms with van der Waals surface area (Å²) in [6.45, 7) is 13.4. The summed E-state index contributed by atoms with van der Waals surface area (Å²) < 4.78 is 41.6. The molecule has 8 aromatic rings. The molecule has 17 nitrogen and oxygen atoms in total. The molecule has 18 heteroatoms. The maximum absolute atomic E-state index is 15.6. The number of H-pyrrole nitrogens is 1. The first-order valence-corrected chi connectivity index (χ1v) is 23.6. The molecule has 2 aliphatic heterocycles. The highest BCUT2D eigenvalue weighted by atomic mass is 19.1. The summed E-state index contributed by atoms with van der Waals surface area (Å²) >= 11 is 0. The number of carbonyl (C=O) groups excluding carboxylic acids is 1. The molecule has 0 unspecified atom stereocenters. The number of carbonyl (C=O) groups is 1. The van der Waals surface area contributed by atoms with Crippen molar-refractivity contribution >= 4 is 27.8 Å². The van der Waals surface area contributed by atoms with Gasteiger partial charge in [0, 0.05) is 62.6 Å². The number of methoxy groups -OCH3 is 1. The molecule has 0 radical (unpaired) electrons. The zero-order valence-corrected chi connectivity index (χ0v) is 40.0. The van der Waals surface area contributed by atoms with Crippen LogP contribution in [0.1, 0.15) is 103 Å². The number of hydrogen-bond acceptors (Lipinski definition) is 9. The van der Waals surface area contributed by atoms with Gasteiger partial charge < -0.3 is 18.9 Å². The van der Waals surface area contributed by atoms with Gasteiger partial charge in [0.25, 0.3) is 5.91 Å². The fraction of sp³-hybridized carbons (Fsp3) is 0.412. The van der Waals surface area contributed by atoms with Gasteiger partial charge in [0.1, 0.15) is 22.9 Å². The third-order valence-corrected chi connectivity index (χ3v) is 15.0. The van der Waals surface area contributed by atoms with Crippen LogP contribution in [0.2, 0.25) is 0 Å². The Bertz CT molecular complexity index is 3550. The van der Waals surface area contributed by atoms with Crippen molar-refractivity contribution < 1.29 is 23.2 Å². The average molecular weight is 939 g/mol. The zero-order chi connectivity index (χ0) is 48.4. The number of aromatic nitrogens is 9. The van der Waals surface area contributed by atoms with E-state index in [0.717, 1.165) is 23.7 Å². The summed E-state index contributed by atoms with van der Waals surface area (Å²) in [5.74, 6) is -0.185. The van der Waals surface area contributed by atoms with E-state index in [2.05, 4.69) is 49.1 Å². The highest BCUT2D eigenvalue weighted by Gasteiger charge is 2.59. The van der Waals surface area contributed by atoms with E-state index in [0.29, 0.717) is 101 Å². The number of nitrogens with one attached hydrogen (secondary N) is 1. The van der Waals surface area contributed by atoms with Gasteiger partial charge in [0.2, 0.25) is 0 Å². The first kappa shape index (κ1) is 44.5. The minimum Gasteiger partial charge on any atom is -0.383 e. The molecule has 2 fully saturated rings. The average Bonchev–Trinajstić information content (AvgIpc) is 3.90. The Hall–Kier alpha value is -7.05. The minimum absolute atomic E-state index is 0.00581. The van der Waals surface area contributed by atoms with Crippen LogP contribution in [0.15, 0.2) is 85.9 Å². The van der Waals surface area contributed by atoms with Gasteiger partial charge in [-0.3, -0.25) is 32.6 Å². The molecular formula is C51H55FN10O7. The number of benzene rings is 3. The largest absolute Gasteiger partial charge is 0.438 e. The highest BCUT2D eigenvalue weighted by Crippen LogP contribution is 2.56. The van der Waals surface area contributed by atoms with Crippen molar-refractivity contribution in [3.05, 3.63) is 144 Å². The fourth-order valence-corrected chi connectivity index (χ4v) is 11.4. The van der Waals surface area contributed by atoms with Crippen molar-refractivity contribution in [3.8, 4) is 17.2 Å². The number of imidazole rings is 2. The number of fused-ring (bicyclic) bond motifs is 3. The normalized spacial score (nSPS) is 21.1. The third kappa shape index (κ3) is 6.92. The summed E-state index contributed by atoms with van der Waals surface area (Å²) in [6.07, 6.45) is 6.07. The number of amides is 1. The molecule has 0 spiro atoms. The molecule has 3 aliphatic rings. The number of rotatable bonds is 10. The lowest BCUT2D eigenvalue weighted by molar-refractivity contribution is -0.0592. The fourth-order valence-electron chi connectivity index (χ4n) is 11.4. The second kappa shape index (κ2) is 16.0. The second-order valence-corrected chi connectivity index (χ2v) is 19.8. The van der Waals surface area contributed by atoms with Crippen LogP contribution >= 0.6 is 0 Å². The van der Waals surface area contributed by atoms with E-state index in [9.17, 15) is 14.4 Å². The topological polar surface area (TPSA) is 174 Å². The molecule has 1 saturated heterocycles. The second-order valence-electron chi connectivity index (χ2n) is 19.8. The SMILES string of the molecule is COCCn1c(=O)n(C)c2cc(-n3ccn(-c4c5c(nn4-c4cc(C)c(F)c(C)c4)CCN(C(=O)c4cc6cc([C@H]7CCOC(C)(C)C7)ccc6n4[C@@]4(c6noc(=O)[nH]6)C[C@@H]4C)[C@H]5C)c3=O)ccc21. The van der Waals surface area contributed by atoms with Crippen molar-refractivity contribution in [2.75, 3.05) is 26.9 Å². The lowest BCUT2D eigenvalue weighted by atomic mass is 9.83. The van der Waals surface area contributed by atoms with Crippen LogP contribution in [-0.2, 0) is 35.0 Å². The molecule has 1 N–H and O–H groups in total. The van der Waals surface area contributed by atoms with Gasteiger partial charge in [-0.05, 0) is 131 Å². The molecule has 1 aliphatic carbocycles. The molecule has 69 heavy (non-hydrogen) atoms. The van der Waals surface area contributed by atoms with Crippen LogP contribution in [-0.4, -0.2) is 86.0 Å². The first-order chi connectivity index (χ1) is 33.0. The third-order valence-electron chi connectivity index (χ3n) is 15.0. The molecule has 3 aromatic carbocycles. The maximum atomic E-state index is 15.6. The summed E-state index contributed by atoms with van der Waals surface area (Å²) in [7, 11) is 3.28. The van der Waals surface area contributed by atoms with Crippen LogP contribution in [0.3, 0.4) is 0 Å². The van der Waals surface area contributed by atoms with Crippen molar-refractivity contribution in [1.82, 2.24) is 47.7 Å². The molecule has 5 aromatic heterocycles. The Balaban J connectivity index is 1.04. The van der Waals surface area contributed by atoms with Crippen LogP contribution in [0.5, 0.6) is 0 Å². The van der Waals surface area contributed by atoms with Gasteiger partial charge in [0.15, 0.2) is 5.82 Å². The number of nitrogens with zero attached hydrogens (tertiary/aromatic N) is 9. The predicted octanol–water partition coefficient (Wildman–Crippen LogP) is 6.72. The molecule has 4 atom stereocenters. The monoisotopic (exact) mass is 938 g/mol. The Kier molecular flexibility index (Phi) is 10.3. The lowest BCUT2D eigenvalue weighted by Crippen LogP contribution is -2.41. The Labute approximate surface area is 395 Å². The molecule has 1 amide bonds. The lowest BCUT2D eigenvalue weighted by Gasteiger charge is -2.35. The van der Waals surface area contributed by atoms with E-state index in [1.807, 2.05) is 34.6 Å². The van der Waals surface area contributed by atoms with Crippen molar-refractivity contribution in [3.63, 3.8) is 0 Å². The van der Waals surface area contributed by atoms with E-state index in [1.165, 1.54) is 14.7 Å². The van der Waals surface area contributed by atoms with Crippen LogP contribution < -0.4 is 17.1 Å². The van der Waals surface area contributed by atoms with E-state index < -0.39 is 23.0 Å². The summed E-state index contributed by atoms with van der Waals surface area (Å²) in [6, 6.07) is 16.6. The van der Waals surface area contributed by atoms with Crippen molar-refractivity contribution in [1.29, 1.82) is 0 Å². The van der Waals surface area contributed by atoms with E-state index in [1.54, 1.807) is 72.4 Å². The predicted molar refractivity (Wildman–Crippen MR) is 256 cm³/mol. The molecule has 11 rings (SSSR count). The van der Waals surface area contributed by atoms with Gasteiger partial charge in [-0.2, -0.15) is 5.10 Å². The zero-order valence-electron chi connectivity index (χ0n) is 40.0. The van der Waals surface area contributed by atoms with Gasteiger partial charge in [-0.25, -0.2) is 23.5 Å². The summed E-state index contributed by atoms with van der Waals surface area (Å²) in [4.78, 5) is 60.9. The molecule has 7 heterocycles. The van der Waals surface area contributed by atoms with E-state index >= 15 is 9.18 Å². The minimum atomic E-state index is -0.849.